The summed E-state index contributed by atoms with van der Waals surface area (Å²) in [6, 6.07) is 0. The molecule has 6 heteroatoms. The molecule has 0 spiro atoms. The van der Waals surface area contributed by atoms with Gasteiger partial charge in [0.15, 0.2) is 0 Å². The number of nitrogens with zero attached hydrogens (tertiary/aromatic N) is 3. The van der Waals surface area contributed by atoms with Gasteiger partial charge in [0.05, 0.1) is 0 Å². The molecule has 0 rings (SSSR count). The van der Waals surface area contributed by atoms with E-state index < -0.39 is 0 Å². The van der Waals surface area contributed by atoms with E-state index in [4.69, 9.17) is 5.53 Å². The molecule has 0 bridgehead atoms. The molecule has 6 heavy (non-hydrogen) atoms. The summed E-state index contributed by atoms with van der Waals surface area (Å²) in [6.07, 6.45) is 0.336. The molecule has 0 aliphatic carbocycles. The molecule has 0 saturated carbocycles. The van der Waals surface area contributed by atoms with Crippen LogP contribution in [0.25, 0.3) is 10.4 Å². The summed E-state index contributed by atoms with van der Waals surface area (Å²) in [5, 5.41) is 0. The molecule has 0 fully saturated rings. The predicted octanol–water partition coefficient (Wildman–Crippen LogP) is 2.24. The number of hydrogen-bond donors (Lipinski definition) is 0. The van der Waals surface area contributed by atoms with Gasteiger partial charge >= 0.3 is 0 Å². The average molecular weight is 290 g/mol. The van der Waals surface area contributed by atoms with Crippen molar-refractivity contribution in [3.63, 3.8) is 0 Å². The minimum Gasteiger partial charge on any atom is -0.0650 e. The molecular weight excluding hydrogens is 289 g/mol. The molecule has 0 aromatic carbocycles. The number of azide groups is 1. The first kappa shape index (κ1) is 10.5. The zero-order valence-electron chi connectivity index (χ0n) is 2.80. The van der Waals surface area contributed by atoms with Crippen LogP contribution in [0, 0.1) is 0 Å². The van der Waals surface area contributed by atoms with Crippen molar-refractivity contribution in [2.24, 2.45) is 4.88 Å². The minimum atomic E-state index is 0. The van der Waals surface area contributed by atoms with E-state index in [0.717, 1.165) is 0 Å². The van der Waals surface area contributed by atoms with E-state index in [1.807, 2.05) is 22.0 Å². The Hall–Kier alpha value is 1.57. The number of rotatable bonds is 1. The van der Waals surface area contributed by atoms with Crippen LogP contribution in [0.15, 0.2) is 4.88 Å². The number of hydrogen-bond acceptors (Lipinski definition) is 1. The predicted molar refractivity (Wildman–Crippen MR) is 31.5 cm³/mol. The van der Waals surface area contributed by atoms with Gasteiger partial charge in [-0.2, -0.15) is 0 Å². The first-order valence-corrected chi connectivity index (χ1v) is 4.87. The third-order valence-corrected chi connectivity index (χ3v) is 0.895. The molecule has 0 aromatic rings. The van der Waals surface area contributed by atoms with E-state index in [1.54, 1.807) is 0 Å². The minimum absolute atomic E-state index is 0. The quantitative estimate of drug-likeness (QED) is 0.234. The monoisotopic (exact) mass is 290 g/mol. The molecule has 31 valence electrons. The fourth-order valence-corrected chi connectivity index (χ4v) is 0.340. The zero-order valence-corrected chi connectivity index (χ0v) is 8.79. The normalized spacial score (nSPS) is 6.83. The van der Waals surface area contributed by atoms with Gasteiger partial charge in [0.2, 0.25) is 0 Å². The van der Waals surface area contributed by atoms with Gasteiger partial charge in [-0.3, -0.25) is 0 Å². The van der Waals surface area contributed by atoms with Gasteiger partial charge in [-0.15, -0.1) is 0 Å². The van der Waals surface area contributed by atoms with Crippen LogP contribution in [-0.2, 0) is 32.7 Å². The summed E-state index contributed by atoms with van der Waals surface area (Å²) in [5.41, 5.74) is 7.53. The van der Waals surface area contributed by atoms with Crippen LogP contribution >= 0.6 is 28.4 Å². The smallest absolute Gasteiger partial charge is 0.0375 e. The van der Waals surface area contributed by atoms with Gasteiger partial charge in [0.1, 0.15) is 0 Å². The van der Waals surface area contributed by atoms with E-state index in [0.29, 0.717) is 6.37 Å². The molecule has 1 radical (unpaired) electrons. The Bertz CT molecular complexity index is 57.8. The Morgan fingerprint density at radius 2 is 2.33 bits per heavy atom. The van der Waals surface area contributed by atoms with Crippen molar-refractivity contribution in [1.29, 1.82) is 0 Å². The SMILES string of the molecule is [N-]=[N+]=NPI.[Y]. The third-order valence-electron chi connectivity index (χ3n) is 0.0825. The molecule has 1 unspecified atom stereocenters. The Balaban J connectivity index is 0. The molecule has 0 aromatic heterocycles. The van der Waals surface area contributed by atoms with Gasteiger partial charge in [-0.1, -0.05) is 26.9 Å². The van der Waals surface area contributed by atoms with Gasteiger partial charge in [0, 0.05) is 44.0 Å². The molecule has 0 saturated heterocycles. The largest absolute Gasteiger partial charge is 0.0650 e. The van der Waals surface area contributed by atoms with Crippen LogP contribution < -0.4 is 0 Å². The molecule has 0 aliphatic heterocycles. The van der Waals surface area contributed by atoms with Crippen LogP contribution in [0.5, 0.6) is 0 Å². The maximum atomic E-state index is 7.53. The maximum absolute atomic E-state index is 7.53. The summed E-state index contributed by atoms with van der Waals surface area (Å²) in [5.74, 6) is 0. The summed E-state index contributed by atoms with van der Waals surface area (Å²) in [7, 11) is 0. The van der Waals surface area contributed by atoms with Crippen LogP contribution in [0.3, 0.4) is 0 Å². The standard InChI is InChI=1S/HIN3P.Y/c1-5-4-3-2;/h5H;. The average Bonchev–Trinajstić information content (AvgIpc) is 1.41. The van der Waals surface area contributed by atoms with Crippen molar-refractivity contribution < 1.29 is 32.7 Å². The molecule has 0 amide bonds. The van der Waals surface area contributed by atoms with Crippen molar-refractivity contribution in [3.8, 4) is 0 Å². The topological polar surface area (TPSA) is 48.8 Å². The van der Waals surface area contributed by atoms with Crippen molar-refractivity contribution >= 4 is 28.4 Å². The molecular formula is HIN3PY. The molecule has 0 N–H and O–H groups in total. The molecule has 0 heterocycles. The second-order valence-corrected chi connectivity index (χ2v) is 2.09. The van der Waals surface area contributed by atoms with Crippen LogP contribution in [-0.4, -0.2) is 0 Å². The summed E-state index contributed by atoms with van der Waals surface area (Å²) in [6.45, 7) is 0. The fraction of sp³-hybridized carbons (Fsp3) is 0. The van der Waals surface area contributed by atoms with E-state index in [1.165, 1.54) is 0 Å². The number of halogens is 1. The molecule has 0 aliphatic rings. The fourth-order valence-electron chi connectivity index (χ4n) is 0.0169. The van der Waals surface area contributed by atoms with Gasteiger partial charge in [0.25, 0.3) is 0 Å². The Morgan fingerprint density at radius 1 is 1.83 bits per heavy atom. The maximum Gasteiger partial charge on any atom is 0.0375 e. The summed E-state index contributed by atoms with van der Waals surface area (Å²) < 4.78 is 0. The van der Waals surface area contributed by atoms with Gasteiger partial charge < -0.3 is 0 Å². The van der Waals surface area contributed by atoms with Crippen molar-refractivity contribution in [2.45, 2.75) is 0 Å². The molecule has 1 atom stereocenters. The van der Waals surface area contributed by atoms with Crippen LogP contribution in [0.2, 0.25) is 0 Å². The van der Waals surface area contributed by atoms with Crippen molar-refractivity contribution in [1.82, 2.24) is 0 Å². The summed E-state index contributed by atoms with van der Waals surface area (Å²) >= 11 is 1.99. The Morgan fingerprint density at radius 3 is 2.33 bits per heavy atom. The van der Waals surface area contributed by atoms with E-state index in [2.05, 4.69) is 9.80 Å². The van der Waals surface area contributed by atoms with E-state index in [9.17, 15) is 0 Å². The van der Waals surface area contributed by atoms with Crippen molar-refractivity contribution in [3.05, 3.63) is 10.4 Å². The Labute approximate surface area is 75.5 Å². The van der Waals surface area contributed by atoms with Gasteiger partial charge in [-0.05, 0) is 5.53 Å². The van der Waals surface area contributed by atoms with Crippen LogP contribution in [0.1, 0.15) is 0 Å². The first-order valence-electron chi connectivity index (χ1n) is 0.813. The second kappa shape index (κ2) is 9.76. The second-order valence-electron chi connectivity index (χ2n) is 0.274. The first-order chi connectivity index (χ1) is 2.41. The molecule has 3 nitrogen and oxygen atoms in total. The van der Waals surface area contributed by atoms with E-state index in [-0.39, 0.29) is 32.7 Å². The zero-order chi connectivity index (χ0) is 4.12. The summed E-state index contributed by atoms with van der Waals surface area (Å²) in [4.78, 5) is 5.65. The van der Waals surface area contributed by atoms with Crippen molar-refractivity contribution in [2.75, 3.05) is 0 Å². The van der Waals surface area contributed by atoms with Gasteiger partial charge in [-0.25, -0.2) is 0 Å². The third kappa shape index (κ3) is 9.13. The van der Waals surface area contributed by atoms with E-state index >= 15 is 0 Å². The van der Waals surface area contributed by atoms with Crippen LogP contribution in [0.4, 0.5) is 0 Å². The Kier molecular flexibility index (Phi) is 17.1.